The van der Waals surface area contributed by atoms with E-state index in [-0.39, 0.29) is 11.3 Å². The molecule has 0 atom stereocenters. The maximum Gasteiger partial charge on any atom is 0.416 e. The molecule has 5 rings (SSSR count). The van der Waals surface area contributed by atoms with Gasteiger partial charge < -0.3 is 10.6 Å². The van der Waals surface area contributed by atoms with Gasteiger partial charge in [0.25, 0.3) is 5.91 Å². The Morgan fingerprint density at radius 2 is 1.76 bits per heavy atom. The molecule has 0 radical (unpaired) electrons. The fourth-order valence-corrected chi connectivity index (χ4v) is 4.17. The Morgan fingerprint density at radius 3 is 2.53 bits per heavy atom. The van der Waals surface area contributed by atoms with Crippen molar-refractivity contribution in [2.45, 2.75) is 20.0 Å². The lowest BCUT2D eigenvalue weighted by atomic mass is 9.96. The zero-order valence-electron chi connectivity index (χ0n) is 20.5. The maximum absolute atomic E-state index is 13.3. The predicted octanol–water partition coefficient (Wildman–Crippen LogP) is 7.32. The number of hydrogen-bond donors (Lipinski definition) is 2. The minimum atomic E-state index is -4.50. The molecule has 0 bridgehead atoms. The van der Waals surface area contributed by atoms with Crippen LogP contribution in [0.5, 0.6) is 0 Å². The van der Waals surface area contributed by atoms with Crippen LogP contribution in [-0.2, 0) is 6.18 Å². The van der Waals surface area contributed by atoms with Crippen molar-refractivity contribution in [3.8, 4) is 11.1 Å². The van der Waals surface area contributed by atoms with Gasteiger partial charge in [-0.1, -0.05) is 18.2 Å². The Bertz CT molecular complexity index is 1650. The van der Waals surface area contributed by atoms with Crippen LogP contribution in [0.2, 0.25) is 0 Å². The van der Waals surface area contributed by atoms with Crippen molar-refractivity contribution in [1.82, 2.24) is 15.0 Å². The average molecular weight is 514 g/mol. The largest absolute Gasteiger partial charge is 0.416 e. The van der Waals surface area contributed by atoms with E-state index in [4.69, 9.17) is 0 Å². The lowest BCUT2D eigenvalue weighted by Gasteiger charge is -2.15. The molecule has 9 heteroatoms. The maximum atomic E-state index is 13.3. The highest BCUT2D eigenvalue weighted by Gasteiger charge is 2.33. The number of aryl methyl sites for hydroxylation is 1. The summed E-state index contributed by atoms with van der Waals surface area (Å²) in [6.07, 6.45) is 0.571. The van der Waals surface area contributed by atoms with Gasteiger partial charge in [0.15, 0.2) is 0 Å². The van der Waals surface area contributed by atoms with Gasteiger partial charge in [-0.25, -0.2) is 9.97 Å². The van der Waals surface area contributed by atoms with E-state index in [1.807, 2.05) is 43.3 Å². The monoisotopic (exact) mass is 513 g/mol. The second kappa shape index (κ2) is 9.93. The van der Waals surface area contributed by atoms with Crippen molar-refractivity contribution in [2.24, 2.45) is 0 Å². The minimum absolute atomic E-state index is 0.0346. The molecule has 0 saturated heterocycles. The van der Waals surface area contributed by atoms with Crippen LogP contribution in [-0.4, -0.2) is 20.9 Å². The van der Waals surface area contributed by atoms with Gasteiger partial charge in [0.2, 0.25) is 5.95 Å². The molecule has 0 spiro atoms. The van der Waals surface area contributed by atoms with Gasteiger partial charge in [-0.2, -0.15) is 13.2 Å². The first-order valence-corrected chi connectivity index (χ1v) is 11.7. The van der Waals surface area contributed by atoms with E-state index >= 15 is 0 Å². The molecule has 0 saturated carbocycles. The van der Waals surface area contributed by atoms with Gasteiger partial charge in [0, 0.05) is 29.0 Å². The Hall–Kier alpha value is -4.79. The summed E-state index contributed by atoms with van der Waals surface area (Å²) in [5, 5.41) is 6.55. The summed E-state index contributed by atoms with van der Waals surface area (Å²) in [5.74, 6) is -0.0538. The Labute approximate surface area is 216 Å². The van der Waals surface area contributed by atoms with Gasteiger partial charge >= 0.3 is 6.18 Å². The highest BCUT2D eigenvalue weighted by atomic mass is 19.4. The summed E-state index contributed by atoms with van der Waals surface area (Å²) in [6, 6.07) is 18.3. The number of nitrogens with zero attached hydrogens (tertiary/aromatic N) is 3. The lowest BCUT2D eigenvalue weighted by molar-refractivity contribution is -0.138. The van der Waals surface area contributed by atoms with Crippen LogP contribution < -0.4 is 10.6 Å². The van der Waals surface area contributed by atoms with Crippen LogP contribution in [0.4, 0.5) is 30.5 Å². The molecule has 0 aliphatic rings. The quantitative estimate of drug-likeness (QED) is 0.257. The van der Waals surface area contributed by atoms with Crippen LogP contribution in [0.15, 0.2) is 85.3 Å². The number of rotatable bonds is 5. The number of hydrogen-bond acceptors (Lipinski definition) is 5. The fraction of sp³-hybridized carbons (Fsp3) is 0.103. The molecule has 0 unspecified atom stereocenters. The summed E-state index contributed by atoms with van der Waals surface area (Å²) < 4.78 is 39.8. The smallest absolute Gasteiger partial charge is 0.323 e. The number of fused-ring (bicyclic) bond motifs is 1. The molecular weight excluding hydrogens is 491 g/mol. The average Bonchev–Trinajstić information content (AvgIpc) is 2.90. The van der Waals surface area contributed by atoms with Gasteiger partial charge in [0.05, 0.1) is 23.0 Å². The van der Waals surface area contributed by atoms with Crippen molar-refractivity contribution in [1.29, 1.82) is 0 Å². The standard InChI is InChI=1S/C29H22F3N5O/c1-17-8-9-20(27(38)36-25-7-3-6-24(18(25)2)29(30,31)32)14-23(17)19-10-11-26-21(13-19)15-34-28(37-26)35-22-5-4-12-33-16-22/h3-16H,1-2H3,(H,36,38)(H,34,35,37). The van der Waals surface area contributed by atoms with Crippen molar-refractivity contribution in [2.75, 3.05) is 10.6 Å². The normalized spacial score (nSPS) is 11.4. The SMILES string of the molecule is Cc1ccc(C(=O)Nc2cccc(C(F)(F)F)c2C)cc1-c1ccc2nc(Nc3cccnc3)ncc2c1. The Kier molecular flexibility index (Phi) is 6.50. The van der Waals surface area contributed by atoms with E-state index in [2.05, 4.69) is 25.6 Å². The summed E-state index contributed by atoms with van der Waals surface area (Å²) in [5.41, 5.74) is 3.75. The van der Waals surface area contributed by atoms with Crippen LogP contribution in [0.25, 0.3) is 22.0 Å². The van der Waals surface area contributed by atoms with Gasteiger partial charge in [0.1, 0.15) is 0 Å². The molecule has 5 aromatic rings. The molecule has 2 aromatic heterocycles. The number of nitrogens with one attached hydrogen (secondary N) is 2. The van der Waals surface area contributed by atoms with E-state index in [0.29, 0.717) is 11.5 Å². The number of benzene rings is 3. The van der Waals surface area contributed by atoms with E-state index in [1.165, 1.54) is 19.1 Å². The van der Waals surface area contributed by atoms with Gasteiger partial charge in [-0.3, -0.25) is 9.78 Å². The molecule has 1 amide bonds. The first-order valence-electron chi connectivity index (χ1n) is 11.7. The lowest BCUT2D eigenvalue weighted by Crippen LogP contribution is -2.15. The minimum Gasteiger partial charge on any atom is -0.323 e. The zero-order chi connectivity index (χ0) is 26.9. The van der Waals surface area contributed by atoms with E-state index in [1.54, 1.807) is 30.7 Å². The molecule has 0 fully saturated rings. The number of carbonyl (C=O) groups excluding carboxylic acids is 1. The third-order valence-electron chi connectivity index (χ3n) is 6.20. The zero-order valence-corrected chi connectivity index (χ0v) is 20.5. The van der Waals surface area contributed by atoms with Crippen molar-refractivity contribution >= 4 is 34.1 Å². The van der Waals surface area contributed by atoms with Crippen molar-refractivity contribution < 1.29 is 18.0 Å². The first-order chi connectivity index (χ1) is 18.2. The highest BCUT2D eigenvalue weighted by Crippen LogP contribution is 2.35. The molecule has 0 aliphatic heterocycles. The molecule has 2 N–H and O–H groups in total. The van der Waals surface area contributed by atoms with Crippen LogP contribution in [0.1, 0.15) is 27.0 Å². The predicted molar refractivity (Wildman–Crippen MR) is 141 cm³/mol. The second-order valence-corrected chi connectivity index (χ2v) is 8.79. The number of pyridine rings is 1. The molecule has 2 heterocycles. The summed E-state index contributed by atoms with van der Waals surface area (Å²) in [7, 11) is 0. The van der Waals surface area contributed by atoms with Crippen molar-refractivity contribution in [3.63, 3.8) is 0 Å². The van der Waals surface area contributed by atoms with E-state index < -0.39 is 17.6 Å². The van der Waals surface area contributed by atoms with Gasteiger partial charge in [-0.15, -0.1) is 0 Å². The number of carbonyl (C=O) groups is 1. The number of halogens is 3. The highest BCUT2D eigenvalue weighted by molar-refractivity contribution is 6.05. The van der Waals surface area contributed by atoms with Crippen LogP contribution in [0, 0.1) is 13.8 Å². The summed E-state index contributed by atoms with van der Waals surface area (Å²) in [4.78, 5) is 26.0. The first kappa shape index (κ1) is 24.9. The van der Waals surface area contributed by atoms with Crippen LogP contribution in [0.3, 0.4) is 0 Å². The number of aromatic nitrogens is 3. The fourth-order valence-electron chi connectivity index (χ4n) is 4.17. The molecular formula is C29H22F3N5O. The summed E-state index contributed by atoms with van der Waals surface area (Å²) >= 11 is 0. The third kappa shape index (κ3) is 5.17. The second-order valence-electron chi connectivity index (χ2n) is 8.79. The Balaban J connectivity index is 1.41. The molecule has 6 nitrogen and oxygen atoms in total. The molecule has 38 heavy (non-hydrogen) atoms. The van der Waals surface area contributed by atoms with E-state index in [0.717, 1.165) is 39.3 Å². The molecule has 190 valence electrons. The van der Waals surface area contributed by atoms with Crippen LogP contribution >= 0.6 is 0 Å². The Morgan fingerprint density at radius 1 is 0.921 bits per heavy atom. The van der Waals surface area contributed by atoms with Crippen molar-refractivity contribution in [3.05, 3.63) is 108 Å². The number of anilines is 3. The van der Waals surface area contributed by atoms with Gasteiger partial charge in [-0.05, 0) is 84.6 Å². The number of alkyl halides is 3. The summed E-state index contributed by atoms with van der Waals surface area (Å²) in [6.45, 7) is 3.27. The molecule has 0 aliphatic carbocycles. The topological polar surface area (TPSA) is 79.8 Å². The number of amides is 1. The molecule has 3 aromatic carbocycles. The third-order valence-corrected chi connectivity index (χ3v) is 6.20. The van der Waals surface area contributed by atoms with E-state index in [9.17, 15) is 18.0 Å².